The Balaban J connectivity index is 1.66. The van der Waals surface area contributed by atoms with Crippen LogP contribution in [0.25, 0.3) is 0 Å². The second-order valence-corrected chi connectivity index (χ2v) is 11.5. The lowest BCUT2D eigenvalue weighted by Crippen LogP contribution is -2.67. The summed E-state index contributed by atoms with van der Waals surface area (Å²) in [5.74, 6) is -0.995. The van der Waals surface area contributed by atoms with Crippen molar-refractivity contribution in [3.05, 3.63) is 27.9 Å². The minimum Gasteiger partial charge on any atom is -0.382 e. The third-order valence-electron chi connectivity index (χ3n) is 7.44. The van der Waals surface area contributed by atoms with Gasteiger partial charge in [-0.1, -0.05) is 0 Å². The molecule has 0 spiro atoms. The molecule has 1 aromatic heterocycles. The molecule has 216 valence electrons. The van der Waals surface area contributed by atoms with Crippen LogP contribution in [-0.4, -0.2) is 100 Å². The molecular formula is C22H31N4O12P. The van der Waals surface area contributed by atoms with Gasteiger partial charge in [0.15, 0.2) is 5.60 Å². The number of fused-ring (bicyclic) bond motifs is 5. The standard InChI is InChI=1S/C22H31N4O12P/c1-10-7-25-15-5-11(34-4)14(36-15)9-35-39(31,32)38-12-6-16(37-13(12)8-33-3)26-18(17(10)23-20(25)28)22(2,30)19(27)24-21(26)29/h7,11-16,18,30H,5-6,8-9H2,1-4H3,(H,31,32)(H,24,27,29)/t11-,12-,13?,14?,15+,16+,18?,22+/m0/s1. The highest BCUT2D eigenvalue weighted by atomic mass is 31.2. The van der Waals surface area contributed by atoms with Gasteiger partial charge in [-0.2, -0.15) is 4.98 Å². The van der Waals surface area contributed by atoms with Gasteiger partial charge in [0.05, 0.1) is 25.0 Å². The summed E-state index contributed by atoms with van der Waals surface area (Å²) >= 11 is 0. The van der Waals surface area contributed by atoms with E-state index in [4.69, 9.17) is 28.0 Å². The minimum atomic E-state index is -4.69. The number of phosphoric acid groups is 1. The third kappa shape index (κ3) is 5.05. The quantitative estimate of drug-likeness (QED) is 0.390. The monoisotopic (exact) mass is 574 g/mol. The first-order valence-electron chi connectivity index (χ1n) is 12.3. The number of hydrogen-bond acceptors (Lipinski definition) is 12. The molecule has 16 nitrogen and oxygen atoms in total. The zero-order valence-electron chi connectivity index (χ0n) is 21.7. The van der Waals surface area contributed by atoms with Gasteiger partial charge >= 0.3 is 19.5 Å². The number of hydrogen-bond donors (Lipinski definition) is 3. The maximum Gasteiger partial charge on any atom is 0.472 e. The zero-order chi connectivity index (χ0) is 28.3. The molecule has 4 unspecified atom stereocenters. The predicted octanol–water partition coefficient (Wildman–Crippen LogP) is -0.525. The second-order valence-electron chi connectivity index (χ2n) is 10.1. The number of methoxy groups -OCH3 is 2. The van der Waals surface area contributed by atoms with Gasteiger partial charge in [-0.05, 0) is 19.4 Å². The smallest absolute Gasteiger partial charge is 0.382 e. The Kier molecular flexibility index (Phi) is 7.45. The average molecular weight is 574 g/mol. The Bertz CT molecular complexity index is 1260. The molecule has 9 atom stereocenters. The molecular weight excluding hydrogens is 543 g/mol. The Labute approximate surface area is 222 Å². The van der Waals surface area contributed by atoms with Gasteiger partial charge < -0.3 is 28.9 Å². The number of phosphoric ester groups is 1. The number of carbonyl (C=O) groups excluding carboxylic acids is 2. The first-order valence-corrected chi connectivity index (χ1v) is 13.8. The number of amides is 3. The van der Waals surface area contributed by atoms with Crippen molar-refractivity contribution in [2.75, 3.05) is 27.4 Å². The van der Waals surface area contributed by atoms with Crippen LogP contribution in [0.15, 0.2) is 11.0 Å². The van der Waals surface area contributed by atoms with E-state index >= 15 is 0 Å². The van der Waals surface area contributed by atoms with Crippen molar-refractivity contribution >= 4 is 19.8 Å². The van der Waals surface area contributed by atoms with E-state index in [9.17, 15) is 28.9 Å². The molecule has 0 radical (unpaired) electrons. The molecule has 0 aliphatic carbocycles. The molecule has 5 aliphatic heterocycles. The number of rotatable bonds is 3. The van der Waals surface area contributed by atoms with Gasteiger partial charge in [-0.25, -0.2) is 14.2 Å². The summed E-state index contributed by atoms with van der Waals surface area (Å²) < 4.78 is 47.4. The summed E-state index contributed by atoms with van der Waals surface area (Å²) in [4.78, 5) is 54.9. The summed E-state index contributed by atoms with van der Waals surface area (Å²) in [6.45, 7) is 2.35. The highest BCUT2D eigenvalue weighted by Gasteiger charge is 2.57. The van der Waals surface area contributed by atoms with E-state index in [-0.39, 0.29) is 31.7 Å². The summed E-state index contributed by atoms with van der Waals surface area (Å²) in [5.41, 5.74) is -2.64. The molecule has 3 N–H and O–H groups in total. The Morgan fingerprint density at radius 2 is 1.95 bits per heavy atom. The molecule has 0 aromatic carbocycles. The fourth-order valence-corrected chi connectivity index (χ4v) is 6.45. The van der Waals surface area contributed by atoms with Crippen LogP contribution in [0.4, 0.5) is 4.79 Å². The van der Waals surface area contributed by atoms with Gasteiger partial charge in [0.1, 0.15) is 36.8 Å². The van der Waals surface area contributed by atoms with Crippen molar-refractivity contribution in [1.29, 1.82) is 0 Å². The van der Waals surface area contributed by atoms with Gasteiger partial charge in [0.25, 0.3) is 5.91 Å². The van der Waals surface area contributed by atoms with Gasteiger partial charge in [0, 0.05) is 33.3 Å². The third-order valence-corrected chi connectivity index (χ3v) is 8.46. The molecule has 3 amide bonds. The van der Waals surface area contributed by atoms with Crippen LogP contribution in [0.5, 0.6) is 0 Å². The number of aryl methyl sites for hydroxylation is 1. The molecule has 3 saturated heterocycles. The van der Waals surface area contributed by atoms with Crippen LogP contribution >= 0.6 is 7.82 Å². The van der Waals surface area contributed by atoms with E-state index in [0.717, 1.165) is 4.90 Å². The van der Waals surface area contributed by atoms with E-state index in [2.05, 4.69) is 10.3 Å². The fraction of sp³-hybridized carbons (Fsp3) is 0.727. The fourth-order valence-electron chi connectivity index (χ4n) is 5.49. The first kappa shape index (κ1) is 28.3. The SMILES string of the molecule is COCC1O[C@@H]2C[C@@H]1OP(=O)(O)OCC1O[C@H](C[C@@H]1OC)n1cc(C)c(nc1=O)C1N2C(=O)NC(=O)[C@]1(C)O. The van der Waals surface area contributed by atoms with E-state index in [0.29, 0.717) is 5.56 Å². The van der Waals surface area contributed by atoms with Crippen molar-refractivity contribution < 1.29 is 52.1 Å². The van der Waals surface area contributed by atoms with E-state index < -0.39 is 74.0 Å². The van der Waals surface area contributed by atoms with Gasteiger partial charge in [-0.15, -0.1) is 0 Å². The van der Waals surface area contributed by atoms with Crippen molar-refractivity contribution in [3.63, 3.8) is 0 Å². The summed E-state index contributed by atoms with van der Waals surface area (Å²) in [6.07, 6.45) is -3.97. The molecule has 6 bridgehead atoms. The molecule has 3 fully saturated rings. The minimum absolute atomic E-state index is 0.0261. The molecule has 1 aromatic rings. The molecule has 39 heavy (non-hydrogen) atoms. The maximum absolute atomic E-state index is 13.2. The number of aromatic nitrogens is 2. The average Bonchev–Trinajstić information content (AvgIpc) is 3.44. The highest BCUT2D eigenvalue weighted by Crippen LogP contribution is 2.49. The normalized spacial score (nSPS) is 40.6. The molecule has 6 rings (SSSR count). The summed E-state index contributed by atoms with van der Waals surface area (Å²) in [6, 6.07) is -2.37. The summed E-state index contributed by atoms with van der Waals surface area (Å²) in [7, 11) is -1.87. The van der Waals surface area contributed by atoms with E-state index in [1.807, 2.05) is 0 Å². The lowest BCUT2D eigenvalue weighted by atomic mass is 9.87. The van der Waals surface area contributed by atoms with Crippen LogP contribution in [0, 0.1) is 6.92 Å². The molecule has 0 saturated carbocycles. The number of nitrogens with one attached hydrogen (secondary N) is 1. The molecule has 6 heterocycles. The largest absolute Gasteiger partial charge is 0.472 e. The Morgan fingerprint density at radius 3 is 2.64 bits per heavy atom. The Morgan fingerprint density at radius 1 is 1.21 bits per heavy atom. The number of urea groups is 1. The number of nitrogens with zero attached hydrogens (tertiary/aromatic N) is 3. The number of ether oxygens (including phenoxy) is 4. The number of carbonyl (C=O) groups is 2. The van der Waals surface area contributed by atoms with Crippen molar-refractivity contribution in [1.82, 2.24) is 19.8 Å². The van der Waals surface area contributed by atoms with E-state index in [1.54, 1.807) is 6.92 Å². The van der Waals surface area contributed by atoms with Crippen molar-refractivity contribution in [3.8, 4) is 0 Å². The van der Waals surface area contributed by atoms with Crippen LogP contribution in [0.1, 0.15) is 43.3 Å². The lowest BCUT2D eigenvalue weighted by Gasteiger charge is -2.45. The van der Waals surface area contributed by atoms with E-state index in [1.165, 1.54) is 31.9 Å². The predicted molar refractivity (Wildman–Crippen MR) is 127 cm³/mol. The van der Waals surface area contributed by atoms with Crippen molar-refractivity contribution in [2.45, 2.75) is 75.2 Å². The first-order chi connectivity index (χ1) is 18.4. The van der Waals surface area contributed by atoms with Crippen LogP contribution in [0.3, 0.4) is 0 Å². The topological polar surface area (TPSA) is 197 Å². The second kappa shape index (κ2) is 10.3. The highest BCUT2D eigenvalue weighted by molar-refractivity contribution is 7.47. The maximum atomic E-state index is 13.2. The van der Waals surface area contributed by atoms with Crippen molar-refractivity contribution in [2.24, 2.45) is 0 Å². The van der Waals surface area contributed by atoms with Crippen LogP contribution in [-0.2, 0) is 37.4 Å². The Hall–Kier alpha value is -2.27. The van der Waals surface area contributed by atoms with Gasteiger partial charge in [0.2, 0.25) is 0 Å². The van der Waals surface area contributed by atoms with Crippen LogP contribution < -0.4 is 11.0 Å². The van der Waals surface area contributed by atoms with Gasteiger partial charge in [-0.3, -0.25) is 28.6 Å². The number of aliphatic hydroxyl groups is 1. The zero-order valence-corrected chi connectivity index (χ0v) is 22.6. The summed E-state index contributed by atoms with van der Waals surface area (Å²) in [5, 5.41) is 13.4. The lowest BCUT2D eigenvalue weighted by molar-refractivity contribution is -0.159. The number of imide groups is 1. The molecule has 17 heteroatoms. The van der Waals surface area contributed by atoms with Crippen LogP contribution in [0.2, 0.25) is 0 Å². The molecule has 5 aliphatic rings.